The van der Waals surface area contributed by atoms with Gasteiger partial charge in [-0.3, -0.25) is 14.4 Å². The van der Waals surface area contributed by atoms with Crippen LogP contribution in [-0.4, -0.2) is 77.3 Å². The topological polar surface area (TPSA) is 223 Å². The molecule has 34 heavy (non-hydrogen) atoms. The van der Waals surface area contributed by atoms with Gasteiger partial charge in [-0.15, -0.1) is 0 Å². The maximum atomic E-state index is 13.0. The minimum atomic E-state index is -1.21. The van der Waals surface area contributed by atoms with Crippen molar-refractivity contribution in [2.24, 2.45) is 23.1 Å². The van der Waals surface area contributed by atoms with E-state index in [4.69, 9.17) is 17.2 Å². The monoisotopic (exact) mass is 488 g/mol. The van der Waals surface area contributed by atoms with Crippen molar-refractivity contribution in [3.8, 4) is 0 Å². The van der Waals surface area contributed by atoms with E-state index in [0.29, 0.717) is 38.8 Å². The van der Waals surface area contributed by atoms with Crippen molar-refractivity contribution < 1.29 is 29.4 Å². The van der Waals surface area contributed by atoms with Crippen LogP contribution in [0.25, 0.3) is 0 Å². The van der Waals surface area contributed by atoms with Gasteiger partial charge >= 0.3 is 5.97 Å². The van der Waals surface area contributed by atoms with Crippen LogP contribution in [0.4, 0.5) is 0 Å². The largest absolute Gasteiger partial charge is 0.480 e. The normalized spacial score (nSPS) is 15.6. The Morgan fingerprint density at radius 2 is 1.18 bits per heavy atom. The molecule has 0 spiro atoms. The number of carboxylic acid groups (broad SMARTS) is 1. The Morgan fingerprint density at radius 3 is 1.62 bits per heavy atom. The third-order valence-corrected chi connectivity index (χ3v) is 5.30. The molecule has 0 heterocycles. The smallest absolute Gasteiger partial charge is 0.326 e. The van der Waals surface area contributed by atoms with Gasteiger partial charge in [0.15, 0.2) is 0 Å². The second kappa shape index (κ2) is 17.2. The predicted molar refractivity (Wildman–Crippen MR) is 128 cm³/mol. The van der Waals surface area contributed by atoms with Crippen LogP contribution in [0.15, 0.2) is 0 Å². The molecule has 0 radical (unpaired) electrons. The van der Waals surface area contributed by atoms with Gasteiger partial charge in [0.05, 0.1) is 6.10 Å². The average Bonchev–Trinajstić information content (AvgIpc) is 2.76. The first-order chi connectivity index (χ1) is 15.9. The van der Waals surface area contributed by atoms with Crippen LogP contribution < -0.4 is 33.2 Å². The van der Waals surface area contributed by atoms with Gasteiger partial charge in [-0.1, -0.05) is 13.8 Å². The van der Waals surface area contributed by atoms with E-state index < -0.39 is 54.0 Å². The first kappa shape index (κ1) is 31.7. The quantitative estimate of drug-likeness (QED) is 0.105. The molecule has 0 saturated heterocycles. The first-order valence-electron chi connectivity index (χ1n) is 11.9. The Bertz CT molecular complexity index is 645. The number of unbranched alkanes of at least 4 members (excludes halogenated alkanes) is 2. The molecule has 0 fully saturated rings. The summed E-state index contributed by atoms with van der Waals surface area (Å²) in [6.45, 7) is 5.92. The van der Waals surface area contributed by atoms with E-state index >= 15 is 0 Å². The van der Waals surface area contributed by atoms with E-state index in [1.165, 1.54) is 6.92 Å². The van der Waals surface area contributed by atoms with Gasteiger partial charge in [-0.2, -0.15) is 0 Å². The van der Waals surface area contributed by atoms with Gasteiger partial charge in [0, 0.05) is 0 Å². The van der Waals surface area contributed by atoms with Gasteiger partial charge in [0.25, 0.3) is 0 Å². The molecule has 198 valence electrons. The molecule has 0 bridgehead atoms. The summed E-state index contributed by atoms with van der Waals surface area (Å²) in [5.74, 6) is -3.05. The summed E-state index contributed by atoms with van der Waals surface area (Å²) < 4.78 is 0. The second-order valence-electron chi connectivity index (χ2n) is 8.99. The summed E-state index contributed by atoms with van der Waals surface area (Å²) in [6.07, 6.45) is 1.94. The summed E-state index contributed by atoms with van der Waals surface area (Å²) in [7, 11) is 0. The lowest BCUT2D eigenvalue weighted by atomic mass is 10.0. The highest BCUT2D eigenvalue weighted by molar-refractivity contribution is 5.94. The molecule has 0 aromatic heterocycles. The number of aliphatic hydroxyl groups excluding tert-OH is 1. The fourth-order valence-electron chi connectivity index (χ4n) is 3.25. The van der Waals surface area contributed by atoms with Crippen molar-refractivity contribution in [1.29, 1.82) is 0 Å². The molecule has 0 aliphatic heterocycles. The molecule has 0 aliphatic carbocycles. The molecule has 5 atom stereocenters. The number of nitrogens with two attached hydrogens (primary N) is 3. The van der Waals surface area contributed by atoms with E-state index in [2.05, 4.69) is 16.0 Å². The first-order valence-corrected chi connectivity index (χ1v) is 11.9. The summed E-state index contributed by atoms with van der Waals surface area (Å²) >= 11 is 0. The molecule has 0 aromatic rings. The van der Waals surface area contributed by atoms with Crippen molar-refractivity contribution >= 4 is 23.7 Å². The molecule has 0 aliphatic rings. The summed E-state index contributed by atoms with van der Waals surface area (Å²) in [5.41, 5.74) is 16.7. The number of carbonyl (C=O) groups excluding carboxylic acids is 3. The highest BCUT2D eigenvalue weighted by atomic mass is 16.4. The standard InChI is InChI=1S/C22H44N6O6/c1-13(2)12-17(28-21(32)18(25)14(3)29)20(31)26-15(8-4-6-10-23)19(30)27-16(22(33)34)9-5-7-11-24/h13-18,29H,4-12,23-25H2,1-3H3,(H,26,31)(H,27,30)(H,28,32)(H,33,34). The highest BCUT2D eigenvalue weighted by Gasteiger charge is 2.31. The molecule has 11 N–H and O–H groups in total. The lowest BCUT2D eigenvalue weighted by molar-refractivity contribution is -0.142. The Balaban J connectivity index is 5.47. The van der Waals surface area contributed by atoms with E-state index in [9.17, 15) is 29.4 Å². The number of aliphatic hydroxyl groups is 1. The van der Waals surface area contributed by atoms with Crippen molar-refractivity contribution in [3.63, 3.8) is 0 Å². The molecule has 3 amide bonds. The molecule has 5 unspecified atom stereocenters. The maximum absolute atomic E-state index is 13.0. The Morgan fingerprint density at radius 1 is 0.735 bits per heavy atom. The van der Waals surface area contributed by atoms with Crippen LogP contribution >= 0.6 is 0 Å². The van der Waals surface area contributed by atoms with Crippen LogP contribution in [0.2, 0.25) is 0 Å². The van der Waals surface area contributed by atoms with Crippen LogP contribution in [-0.2, 0) is 19.2 Å². The van der Waals surface area contributed by atoms with E-state index in [-0.39, 0.29) is 25.2 Å². The molecular formula is C22H44N6O6. The Kier molecular flexibility index (Phi) is 16.0. The van der Waals surface area contributed by atoms with Gasteiger partial charge in [-0.05, 0) is 70.9 Å². The third kappa shape index (κ3) is 12.8. The average molecular weight is 489 g/mol. The summed E-state index contributed by atoms with van der Waals surface area (Å²) in [5, 5.41) is 26.7. The maximum Gasteiger partial charge on any atom is 0.326 e. The van der Waals surface area contributed by atoms with Crippen molar-refractivity contribution in [2.75, 3.05) is 13.1 Å². The lowest BCUT2D eigenvalue weighted by Gasteiger charge is -2.26. The zero-order valence-electron chi connectivity index (χ0n) is 20.6. The van der Waals surface area contributed by atoms with Crippen LogP contribution in [0.3, 0.4) is 0 Å². The summed E-state index contributed by atoms with van der Waals surface area (Å²) in [6, 6.07) is -4.31. The zero-order chi connectivity index (χ0) is 26.3. The predicted octanol–water partition coefficient (Wildman–Crippen LogP) is -1.46. The van der Waals surface area contributed by atoms with E-state index in [1.54, 1.807) is 0 Å². The van der Waals surface area contributed by atoms with Crippen molar-refractivity contribution in [3.05, 3.63) is 0 Å². The molecular weight excluding hydrogens is 444 g/mol. The van der Waals surface area contributed by atoms with E-state index in [1.807, 2.05) is 13.8 Å². The number of amides is 3. The molecule has 0 rings (SSSR count). The molecule has 0 aromatic carbocycles. The second-order valence-corrected chi connectivity index (χ2v) is 8.99. The Labute approximate surface area is 201 Å². The van der Waals surface area contributed by atoms with Gasteiger partial charge in [0.1, 0.15) is 24.2 Å². The van der Waals surface area contributed by atoms with Crippen LogP contribution in [0.5, 0.6) is 0 Å². The van der Waals surface area contributed by atoms with Crippen molar-refractivity contribution in [1.82, 2.24) is 16.0 Å². The number of nitrogens with one attached hydrogen (secondary N) is 3. The number of hydrogen-bond acceptors (Lipinski definition) is 8. The Hall–Kier alpha value is -2.28. The number of carbonyl (C=O) groups is 4. The fraction of sp³-hybridized carbons (Fsp3) is 0.818. The van der Waals surface area contributed by atoms with Gasteiger partial charge < -0.3 is 43.4 Å². The van der Waals surface area contributed by atoms with Crippen molar-refractivity contribution in [2.45, 2.75) is 96.0 Å². The number of aliphatic carboxylic acids is 1. The minimum Gasteiger partial charge on any atom is -0.480 e. The van der Waals surface area contributed by atoms with Crippen LogP contribution in [0, 0.1) is 5.92 Å². The number of hydrogen-bond donors (Lipinski definition) is 8. The fourth-order valence-corrected chi connectivity index (χ4v) is 3.25. The number of rotatable bonds is 18. The van der Waals surface area contributed by atoms with Gasteiger partial charge in [0.2, 0.25) is 17.7 Å². The number of carboxylic acids is 1. The lowest BCUT2D eigenvalue weighted by Crippen LogP contribution is -2.58. The third-order valence-electron chi connectivity index (χ3n) is 5.30. The molecule has 12 nitrogen and oxygen atoms in total. The highest BCUT2D eigenvalue weighted by Crippen LogP contribution is 2.09. The van der Waals surface area contributed by atoms with Crippen LogP contribution in [0.1, 0.15) is 65.7 Å². The minimum absolute atomic E-state index is 0.0299. The molecule has 0 saturated carbocycles. The van der Waals surface area contributed by atoms with Gasteiger partial charge in [-0.25, -0.2) is 4.79 Å². The summed E-state index contributed by atoms with van der Waals surface area (Å²) in [4.78, 5) is 49.8. The van der Waals surface area contributed by atoms with E-state index in [0.717, 1.165) is 0 Å². The SMILES string of the molecule is CC(C)CC(NC(=O)C(N)C(C)O)C(=O)NC(CCCCN)C(=O)NC(CCCCN)C(=O)O. The molecule has 12 heteroatoms. The zero-order valence-corrected chi connectivity index (χ0v) is 20.6.